The maximum atomic E-state index is 4.41. The second-order valence-corrected chi connectivity index (χ2v) is 3.71. The average Bonchev–Trinajstić information content (AvgIpc) is 2.73. The first-order valence-electron chi connectivity index (χ1n) is 5.06. The molecule has 0 bridgehead atoms. The fourth-order valence-electron chi connectivity index (χ4n) is 1.61. The van der Waals surface area contributed by atoms with Crippen molar-refractivity contribution in [1.29, 1.82) is 0 Å². The van der Waals surface area contributed by atoms with Gasteiger partial charge in [0.2, 0.25) is 0 Å². The summed E-state index contributed by atoms with van der Waals surface area (Å²) in [5.74, 6) is 0.829. The number of hydrogen-bond acceptors (Lipinski definition) is 3. The number of hydrogen-bond donors (Lipinski definition) is 1. The Labute approximate surface area is 92.4 Å². The SMILES string of the molecule is Cc1ccc(-c2nc3ncncc3[nH]2)cc1. The molecule has 3 rings (SSSR count). The molecule has 0 spiro atoms. The normalized spacial score (nSPS) is 10.8. The number of aryl methyl sites for hydroxylation is 1. The van der Waals surface area contributed by atoms with Crippen molar-refractivity contribution in [3.8, 4) is 11.4 Å². The number of aromatic nitrogens is 4. The van der Waals surface area contributed by atoms with Crippen molar-refractivity contribution in [3.63, 3.8) is 0 Å². The minimum Gasteiger partial charge on any atom is -0.335 e. The Morgan fingerprint density at radius 2 is 1.94 bits per heavy atom. The maximum absolute atomic E-state index is 4.41. The standard InChI is InChI=1S/C12H10N4/c1-8-2-4-9(5-3-8)11-15-10-6-13-7-14-12(10)16-11/h2-7H,1H3,(H,13,14,15,16). The Hall–Kier alpha value is -2.23. The zero-order valence-corrected chi connectivity index (χ0v) is 8.81. The first kappa shape index (κ1) is 9.03. The highest BCUT2D eigenvalue weighted by atomic mass is 15.0. The average molecular weight is 210 g/mol. The largest absolute Gasteiger partial charge is 0.335 e. The monoisotopic (exact) mass is 210 g/mol. The Morgan fingerprint density at radius 3 is 2.69 bits per heavy atom. The number of rotatable bonds is 1. The Morgan fingerprint density at radius 1 is 1.12 bits per heavy atom. The summed E-state index contributed by atoms with van der Waals surface area (Å²) in [4.78, 5) is 15.6. The summed E-state index contributed by atoms with van der Waals surface area (Å²) in [6, 6.07) is 8.21. The molecule has 0 aliphatic carbocycles. The van der Waals surface area contributed by atoms with Gasteiger partial charge in [0.05, 0.1) is 6.20 Å². The molecule has 3 aromatic rings. The summed E-state index contributed by atoms with van der Waals surface area (Å²) in [5, 5.41) is 0. The van der Waals surface area contributed by atoms with Crippen LogP contribution in [0.2, 0.25) is 0 Å². The van der Waals surface area contributed by atoms with E-state index in [1.165, 1.54) is 11.9 Å². The van der Waals surface area contributed by atoms with Crippen LogP contribution in [0.15, 0.2) is 36.8 Å². The molecule has 2 heterocycles. The van der Waals surface area contributed by atoms with Crippen LogP contribution in [0.1, 0.15) is 5.56 Å². The van der Waals surface area contributed by atoms with Crippen LogP contribution in [-0.4, -0.2) is 19.9 Å². The van der Waals surface area contributed by atoms with Crippen molar-refractivity contribution < 1.29 is 0 Å². The Bertz CT molecular complexity index is 592. The van der Waals surface area contributed by atoms with Crippen molar-refractivity contribution in [2.75, 3.05) is 0 Å². The van der Waals surface area contributed by atoms with Crippen LogP contribution in [0, 0.1) is 6.92 Å². The Balaban J connectivity index is 2.15. The molecule has 1 N–H and O–H groups in total. The molecule has 0 aliphatic rings. The van der Waals surface area contributed by atoms with Gasteiger partial charge in [-0.3, -0.25) is 0 Å². The van der Waals surface area contributed by atoms with Gasteiger partial charge in [-0.2, -0.15) is 0 Å². The molecule has 0 atom stereocenters. The van der Waals surface area contributed by atoms with Gasteiger partial charge in [-0.25, -0.2) is 15.0 Å². The van der Waals surface area contributed by atoms with Crippen LogP contribution in [0.3, 0.4) is 0 Å². The minimum atomic E-state index is 0.700. The van der Waals surface area contributed by atoms with Crippen molar-refractivity contribution in [2.45, 2.75) is 6.92 Å². The lowest BCUT2D eigenvalue weighted by Gasteiger charge is -1.96. The van der Waals surface area contributed by atoms with Crippen LogP contribution in [0.5, 0.6) is 0 Å². The predicted molar refractivity (Wildman–Crippen MR) is 61.9 cm³/mol. The summed E-state index contributed by atoms with van der Waals surface area (Å²) in [5.41, 5.74) is 3.85. The third kappa shape index (κ3) is 1.44. The molecule has 4 nitrogen and oxygen atoms in total. The molecule has 78 valence electrons. The molecule has 2 aromatic heterocycles. The van der Waals surface area contributed by atoms with Crippen molar-refractivity contribution in [2.24, 2.45) is 0 Å². The number of benzene rings is 1. The van der Waals surface area contributed by atoms with Crippen LogP contribution < -0.4 is 0 Å². The predicted octanol–water partition coefficient (Wildman–Crippen LogP) is 2.33. The van der Waals surface area contributed by atoms with E-state index in [1.54, 1.807) is 6.20 Å². The van der Waals surface area contributed by atoms with Gasteiger partial charge < -0.3 is 4.98 Å². The van der Waals surface area contributed by atoms with E-state index in [9.17, 15) is 0 Å². The van der Waals surface area contributed by atoms with Crippen LogP contribution in [0.25, 0.3) is 22.6 Å². The van der Waals surface area contributed by atoms with E-state index < -0.39 is 0 Å². The van der Waals surface area contributed by atoms with E-state index in [0.717, 1.165) is 16.9 Å². The third-order valence-corrected chi connectivity index (χ3v) is 2.49. The topological polar surface area (TPSA) is 54.5 Å². The molecule has 0 saturated heterocycles. The number of aromatic amines is 1. The summed E-state index contributed by atoms with van der Waals surface area (Å²) in [6.45, 7) is 2.06. The lowest BCUT2D eigenvalue weighted by molar-refractivity contribution is 1.20. The summed E-state index contributed by atoms with van der Waals surface area (Å²) < 4.78 is 0. The van der Waals surface area contributed by atoms with Gasteiger partial charge in [-0.15, -0.1) is 0 Å². The van der Waals surface area contributed by atoms with E-state index >= 15 is 0 Å². The number of fused-ring (bicyclic) bond motifs is 1. The zero-order chi connectivity index (χ0) is 11.0. The lowest BCUT2D eigenvalue weighted by Crippen LogP contribution is -1.80. The Kier molecular flexibility index (Phi) is 1.93. The molecule has 0 aliphatic heterocycles. The number of H-pyrrole nitrogens is 1. The molecule has 0 amide bonds. The molecule has 0 saturated carbocycles. The van der Waals surface area contributed by atoms with Crippen LogP contribution >= 0.6 is 0 Å². The molecule has 1 aromatic carbocycles. The summed E-state index contributed by atoms with van der Waals surface area (Å²) in [7, 11) is 0. The highest BCUT2D eigenvalue weighted by molar-refractivity contribution is 5.74. The van der Waals surface area contributed by atoms with Gasteiger partial charge in [-0.1, -0.05) is 29.8 Å². The van der Waals surface area contributed by atoms with Gasteiger partial charge >= 0.3 is 0 Å². The molecule has 0 unspecified atom stereocenters. The fourth-order valence-corrected chi connectivity index (χ4v) is 1.61. The second-order valence-electron chi connectivity index (χ2n) is 3.71. The van der Waals surface area contributed by atoms with Crippen molar-refractivity contribution in [1.82, 2.24) is 19.9 Å². The van der Waals surface area contributed by atoms with E-state index in [2.05, 4.69) is 39.0 Å². The summed E-state index contributed by atoms with van der Waals surface area (Å²) >= 11 is 0. The van der Waals surface area contributed by atoms with Gasteiger partial charge in [-0.05, 0) is 6.92 Å². The quantitative estimate of drug-likeness (QED) is 0.670. The van der Waals surface area contributed by atoms with Gasteiger partial charge in [0.15, 0.2) is 5.65 Å². The first-order valence-corrected chi connectivity index (χ1v) is 5.06. The second kappa shape index (κ2) is 3.41. The molecule has 4 heteroatoms. The van der Waals surface area contributed by atoms with Gasteiger partial charge in [0.1, 0.15) is 17.7 Å². The van der Waals surface area contributed by atoms with Gasteiger partial charge in [0, 0.05) is 5.56 Å². The lowest BCUT2D eigenvalue weighted by atomic mass is 10.1. The number of nitrogens with one attached hydrogen (secondary N) is 1. The number of imidazole rings is 1. The van der Waals surface area contributed by atoms with E-state index in [-0.39, 0.29) is 0 Å². The van der Waals surface area contributed by atoms with E-state index in [1.807, 2.05) is 12.1 Å². The van der Waals surface area contributed by atoms with Crippen molar-refractivity contribution >= 4 is 11.2 Å². The maximum Gasteiger partial charge on any atom is 0.181 e. The summed E-state index contributed by atoms with van der Waals surface area (Å²) in [6.07, 6.45) is 3.23. The first-order chi connectivity index (χ1) is 7.83. The molecular formula is C12H10N4. The molecule has 16 heavy (non-hydrogen) atoms. The van der Waals surface area contributed by atoms with Crippen LogP contribution in [0.4, 0.5) is 0 Å². The third-order valence-electron chi connectivity index (χ3n) is 2.49. The van der Waals surface area contributed by atoms with Crippen LogP contribution in [-0.2, 0) is 0 Å². The zero-order valence-electron chi connectivity index (χ0n) is 8.81. The molecular weight excluding hydrogens is 200 g/mol. The highest BCUT2D eigenvalue weighted by Crippen LogP contribution is 2.18. The highest BCUT2D eigenvalue weighted by Gasteiger charge is 2.04. The van der Waals surface area contributed by atoms with E-state index in [0.29, 0.717) is 5.65 Å². The minimum absolute atomic E-state index is 0.700. The smallest absolute Gasteiger partial charge is 0.181 e. The number of nitrogens with zero attached hydrogens (tertiary/aromatic N) is 3. The molecule has 0 radical (unpaired) electrons. The van der Waals surface area contributed by atoms with Gasteiger partial charge in [0.25, 0.3) is 0 Å². The van der Waals surface area contributed by atoms with E-state index in [4.69, 9.17) is 0 Å². The molecule has 0 fully saturated rings. The fraction of sp³-hybridized carbons (Fsp3) is 0.0833. The van der Waals surface area contributed by atoms with Crippen molar-refractivity contribution in [3.05, 3.63) is 42.4 Å².